The number of carbonyl (C=O) groups excluding carboxylic acids is 1. The molecule has 1 amide bonds. The van der Waals surface area contributed by atoms with Crippen LogP contribution >= 0.6 is 0 Å². The summed E-state index contributed by atoms with van der Waals surface area (Å²) in [6.45, 7) is 0.630. The standard InChI is InChI=1S/C23H25N7O4/c31-17-18(32)23(34-19(17)22(33)29-13-5-6-13)30-11-28-16-20(26-10-27-21(16)30)24-8-7-12-9-25-15-4-2-1-3-14(12)15/h1-4,9-11,13,17-19,23,25,31-32H,5-8H2,(H,29,33)(H,24,26,27)/t17-,18+,19-,23+/m0/s1. The van der Waals surface area contributed by atoms with Gasteiger partial charge in [0.05, 0.1) is 6.33 Å². The molecule has 0 radical (unpaired) electrons. The third-order valence-corrected chi connectivity index (χ3v) is 6.42. The first-order valence-corrected chi connectivity index (χ1v) is 11.4. The summed E-state index contributed by atoms with van der Waals surface area (Å²) < 4.78 is 7.29. The van der Waals surface area contributed by atoms with Gasteiger partial charge in [-0.3, -0.25) is 9.36 Å². The molecule has 176 valence electrons. The van der Waals surface area contributed by atoms with Gasteiger partial charge in [0.15, 0.2) is 29.3 Å². The molecule has 1 aliphatic carbocycles. The van der Waals surface area contributed by atoms with Gasteiger partial charge in [-0.2, -0.15) is 0 Å². The van der Waals surface area contributed by atoms with E-state index in [9.17, 15) is 15.0 Å². The number of aromatic amines is 1. The van der Waals surface area contributed by atoms with Gasteiger partial charge in [0, 0.05) is 29.7 Å². The van der Waals surface area contributed by atoms with E-state index in [1.165, 1.54) is 28.2 Å². The van der Waals surface area contributed by atoms with E-state index >= 15 is 0 Å². The Hall–Kier alpha value is -3.54. The fourth-order valence-corrected chi connectivity index (χ4v) is 4.44. The number of amides is 1. The molecular formula is C23H25N7O4. The van der Waals surface area contributed by atoms with Crippen LogP contribution in [0.4, 0.5) is 5.82 Å². The van der Waals surface area contributed by atoms with Gasteiger partial charge in [-0.15, -0.1) is 0 Å². The maximum absolute atomic E-state index is 12.4. The number of H-pyrrole nitrogens is 1. The van der Waals surface area contributed by atoms with Crippen LogP contribution < -0.4 is 10.6 Å². The number of ether oxygens (including phenoxy) is 1. The number of aromatic nitrogens is 5. The minimum atomic E-state index is -1.35. The normalized spacial score (nSPS) is 24.6. The monoisotopic (exact) mass is 463 g/mol. The Bertz CT molecular complexity index is 1350. The topological polar surface area (TPSA) is 150 Å². The Kier molecular flexibility index (Phi) is 5.16. The number of aliphatic hydroxyl groups excluding tert-OH is 2. The molecule has 1 saturated heterocycles. The maximum Gasteiger partial charge on any atom is 0.252 e. The van der Waals surface area contributed by atoms with E-state index in [0.717, 1.165) is 24.8 Å². The molecule has 3 aromatic heterocycles. The lowest BCUT2D eigenvalue weighted by Crippen LogP contribution is -2.43. The fourth-order valence-electron chi connectivity index (χ4n) is 4.44. The Labute approximate surface area is 194 Å². The van der Waals surface area contributed by atoms with Gasteiger partial charge in [-0.25, -0.2) is 15.0 Å². The van der Waals surface area contributed by atoms with Crippen LogP contribution in [0.2, 0.25) is 0 Å². The maximum atomic E-state index is 12.4. The smallest absolute Gasteiger partial charge is 0.252 e. The van der Waals surface area contributed by atoms with Gasteiger partial charge in [0.2, 0.25) is 0 Å². The van der Waals surface area contributed by atoms with Gasteiger partial charge < -0.3 is 30.6 Å². The van der Waals surface area contributed by atoms with Gasteiger partial charge in [0.1, 0.15) is 18.5 Å². The predicted octanol–water partition coefficient (Wildman–Crippen LogP) is 0.860. The van der Waals surface area contributed by atoms with Crippen molar-refractivity contribution in [3.05, 3.63) is 48.7 Å². The summed E-state index contributed by atoms with van der Waals surface area (Å²) in [5, 5.41) is 28.3. The number of rotatable bonds is 7. The van der Waals surface area contributed by atoms with Crippen LogP contribution in [-0.4, -0.2) is 71.5 Å². The number of anilines is 1. The Morgan fingerprint density at radius 2 is 2.03 bits per heavy atom. The Morgan fingerprint density at radius 1 is 1.18 bits per heavy atom. The molecule has 4 heterocycles. The van der Waals surface area contributed by atoms with Crippen LogP contribution in [0.15, 0.2) is 43.1 Å². The zero-order chi connectivity index (χ0) is 23.2. The number of imidazole rings is 1. The third kappa shape index (κ3) is 3.67. The van der Waals surface area contributed by atoms with Crippen molar-refractivity contribution in [1.29, 1.82) is 0 Å². The Balaban J connectivity index is 1.19. The van der Waals surface area contributed by atoms with Crippen molar-refractivity contribution in [2.45, 2.75) is 49.8 Å². The van der Waals surface area contributed by atoms with Crippen molar-refractivity contribution < 1.29 is 19.7 Å². The number of hydrogen-bond donors (Lipinski definition) is 5. The summed E-state index contributed by atoms with van der Waals surface area (Å²) in [6, 6.07) is 8.28. The fraction of sp³-hybridized carbons (Fsp3) is 0.391. The third-order valence-electron chi connectivity index (χ3n) is 6.42. The summed E-state index contributed by atoms with van der Waals surface area (Å²) in [5.41, 5.74) is 3.25. The molecule has 0 bridgehead atoms. The molecule has 11 nitrogen and oxygen atoms in total. The van der Waals surface area contributed by atoms with E-state index in [1.54, 1.807) is 0 Å². The lowest BCUT2D eigenvalue weighted by molar-refractivity contribution is -0.137. The molecule has 4 aromatic rings. The van der Waals surface area contributed by atoms with Crippen LogP contribution in [0, 0.1) is 0 Å². The van der Waals surface area contributed by atoms with E-state index in [4.69, 9.17) is 4.74 Å². The average Bonchev–Trinajstić information content (AvgIpc) is 3.28. The highest BCUT2D eigenvalue weighted by atomic mass is 16.6. The van der Waals surface area contributed by atoms with Crippen molar-refractivity contribution in [1.82, 2.24) is 29.8 Å². The van der Waals surface area contributed by atoms with Crippen molar-refractivity contribution in [3.63, 3.8) is 0 Å². The van der Waals surface area contributed by atoms with Crippen LogP contribution in [0.1, 0.15) is 24.6 Å². The highest BCUT2D eigenvalue weighted by Crippen LogP contribution is 2.33. The average molecular weight is 463 g/mol. The molecule has 0 spiro atoms. The molecule has 1 aromatic carbocycles. The molecule has 11 heteroatoms. The number of fused-ring (bicyclic) bond motifs is 2. The zero-order valence-corrected chi connectivity index (χ0v) is 18.3. The second-order valence-electron chi connectivity index (χ2n) is 8.79. The van der Waals surface area contributed by atoms with Gasteiger partial charge in [-0.05, 0) is 30.9 Å². The molecule has 4 atom stereocenters. The van der Waals surface area contributed by atoms with Gasteiger partial charge in [0.25, 0.3) is 5.91 Å². The molecule has 1 aliphatic heterocycles. The first kappa shape index (κ1) is 21.0. The molecule has 0 unspecified atom stereocenters. The Morgan fingerprint density at radius 3 is 2.88 bits per heavy atom. The quantitative estimate of drug-likeness (QED) is 0.271. The summed E-state index contributed by atoms with van der Waals surface area (Å²) in [4.78, 5) is 28.7. The van der Waals surface area contributed by atoms with E-state index in [0.29, 0.717) is 23.5 Å². The molecule has 34 heavy (non-hydrogen) atoms. The van der Waals surface area contributed by atoms with Gasteiger partial charge in [-0.1, -0.05) is 18.2 Å². The molecule has 1 saturated carbocycles. The minimum absolute atomic E-state index is 0.124. The van der Waals surface area contributed by atoms with Crippen molar-refractivity contribution in [2.75, 3.05) is 11.9 Å². The van der Waals surface area contributed by atoms with E-state index in [1.807, 2.05) is 24.4 Å². The van der Waals surface area contributed by atoms with Crippen LogP contribution in [0.5, 0.6) is 0 Å². The summed E-state index contributed by atoms with van der Waals surface area (Å²) in [6.07, 6.45) is 2.70. The summed E-state index contributed by atoms with van der Waals surface area (Å²) >= 11 is 0. The number of benzene rings is 1. The highest BCUT2D eigenvalue weighted by Gasteiger charge is 2.48. The number of hydrogen-bond acceptors (Lipinski definition) is 8. The molecular weight excluding hydrogens is 438 g/mol. The number of para-hydroxylation sites is 1. The van der Waals surface area contributed by atoms with Crippen molar-refractivity contribution in [2.24, 2.45) is 0 Å². The number of carbonyl (C=O) groups is 1. The number of nitrogens with one attached hydrogen (secondary N) is 3. The predicted molar refractivity (Wildman–Crippen MR) is 123 cm³/mol. The highest BCUT2D eigenvalue weighted by molar-refractivity contribution is 5.84. The second-order valence-corrected chi connectivity index (χ2v) is 8.79. The largest absolute Gasteiger partial charge is 0.387 e. The molecule has 2 fully saturated rings. The van der Waals surface area contributed by atoms with E-state index in [-0.39, 0.29) is 6.04 Å². The minimum Gasteiger partial charge on any atom is -0.387 e. The number of nitrogens with zero attached hydrogens (tertiary/aromatic N) is 4. The van der Waals surface area contributed by atoms with Crippen molar-refractivity contribution >= 4 is 33.8 Å². The van der Waals surface area contributed by atoms with Gasteiger partial charge >= 0.3 is 0 Å². The first-order chi connectivity index (χ1) is 16.6. The van der Waals surface area contributed by atoms with Crippen LogP contribution in [0.25, 0.3) is 22.1 Å². The van der Waals surface area contributed by atoms with E-state index < -0.39 is 30.4 Å². The summed E-state index contributed by atoms with van der Waals surface area (Å²) in [5.74, 6) is 0.134. The number of aliphatic hydroxyl groups is 2. The molecule has 2 aliphatic rings. The molecule has 6 rings (SSSR count). The lowest BCUT2D eigenvalue weighted by Gasteiger charge is -2.16. The zero-order valence-electron chi connectivity index (χ0n) is 18.3. The van der Waals surface area contributed by atoms with Crippen molar-refractivity contribution in [3.8, 4) is 0 Å². The van der Waals surface area contributed by atoms with Crippen LogP contribution in [0.3, 0.4) is 0 Å². The SMILES string of the molecule is O=C(NC1CC1)[C@H]1O[C@@H](n2cnc3c(NCCc4c[nH]c5ccccc45)ncnc32)[C@H](O)[C@@H]1O. The second kappa shape index (κ2) is 8.35. The van der Waals surface area contributed by atoms with Crippen LogP contribution in [-0.2, 0) is 16.0 Å². The molecule has 5 N–H and O–H groups in total. The first-order valence-electron chi connectivity index (χ1n) is 11.4. The van der Waals surface area contributed by atoms with E-state index in [2.05, 4.69) is 36.6 Å². The lowest BCUT2D eigenvalue weighted by atomic mass is 10.1. The summed E-state index contributed by atoms with van der Waals surface area (Å²) in [7, 11) is 0.